The molecule has 1 atom stereocenters. The lowest BCUT2D eigenvalue weighted by molar-refractivity contribution is -0.124. The fraction of sp³-hybridized carbons (Fsp3) is 0.562. The summed E-state index contributed by atoms with van der Waals surface area (Å²) in [6.07, 6.45) is 0.759. The molecular formula is C16H25NO. The lowest BCUT2D eigenvalue weighted by Crippen LogP contribution is -2.50. The number of carbonyl (C=O) groups excluding carboxylic acids is 1. The third kappa shape index (κ3) is 5.01. The van der Waals surface area contributed by atoms with Crippen molar-refractivity contribution in [3.63, 3.8) is 0 Å². The normalized spacial score (nSPS) is 13.7. The molecule has 0 amide bonds. The number of Topliss-reactive ketones (excluding diaryl/α,β-unsaturated/α-hetero) is 1. The van der Waals surface area contributed by atoms with Crippen LogP contribution in [0.2, 0.25) is 0 Å². The van der Waals surface area contributed by atoms with Gasteiger partial charge in [0, 0.05) is 11.5 Å². The smallest absolute Gasteiger partial charge is 0.152 e. The van der Waals surface area contributed by atoms with E-state index in [9.17, 15) is 4.79 Å². The maximum Gasteiger partial charge on any atom is 0.152 e. The van der Waals surface area contributed by atoms with Gasteiger partial charge in [0.1, 0.15) is 0 Å². The van der Waals surface area contributed by atoms with Crippen LogP contribution in [0.15, 0.2) is 30.3 Å². The highest BCUT2D eigenvalue weighted by Gasteiger charge is 2.25. The zero-order valence-corrected chi connectivity index (χ0v) is 12.2. The van der Waals surface area contributed by atoms with Crippen molar-refractivity contribution in [3.05, 3.63) is 35.9 Å². The first-order valence-electron chi connectivity index (χ1n) is 6.65. The highest BCUT2D eigenvalue weighted by molar-refractivity contribution is 5.86. The van der Waals surface area contributed by atoms with Gasteiger partial charge in [-0.3, -0.25) is 4.79 Å². The molecule has 1 aromatic rings. The summed E-state index contributed by atoms with van der Waals surface area (Å²) >= 11 is 0. The van der Waals surface area contributed by atoms with Gasteiger partial charge in [-0.1, -0.05) is 44.2 Å². The molecule has 1 aromatic carbocycles. The van der Waals surface area contributed by atoms with Gasteiger partial charge in [0.15, 0.2) is 5.78 Å². The first-order valence-corrected chi connectivity index (χ1v) is 6.65. The molecular weight excluding hydrogens is 222 g/mol. The second-order valence-corrected chi connectivity index (χ2v) is 6.19. The van der Waals surface area contributed by atoms with Crippen molar-refractivity contribution in [3.8, 4) is 0 Å². The van der Waals surface area contributed by atoms with Crippen LogP contribution >= 0.6 is 0 Å². The van der Waals surface area contributed by atoms with Crippen molar-refractivity contribution in [2.45, 2.75) is 52.6 Å². The summed E-state index contributed by atoms with van der Waals surface area (Å²) < 4.78 is 0. The molecule has 0 bridgehead atoms. The Morgan fingerprint density at radius 3 is 2.17 bits per heavy atom. The standard InChI is InChI=1S/C16H25NO/c1-12(2)15(18)14(17-16(3,4)5)11-13-9-7-6-8-10-13/h6-10,12,14,17H,11H2,1-5H3. The first-order chi connectivity index (χ1) is 8.29. The highest BCUT2D eigenvalue weighted by atomic mass is 16.1. The van der Waals surface area contributed by atoms with Gasteiger partial charge in [-0.15, -0.1) is 0 Å². The lowest BCUT2D eigenvalue weighted by atomic mass is 9.93. The molecule has 0 aliphatic heterocycles. The van der Waals surface area contributed by atoms with Gasteiger partial charge >= 0.3 is 0 Å². The summed E-state index contributed by atoms with van der Waals surface area (Å²) in [5, 5.41) is 3.44. The Kier molecular flexibility index (Phi) is 5.09. The summed E-state index contributed by atoms with van der Waals surface area (Å²) in [7, 11) is 0. The molecule has 0 spiro atoms. The third-order valence-electron chi connectivity index (χ3n) is 2.80. The number of rotatable bonds is 5. The SMILES string of the molecule is CC(C)C(=O)C(Cc1ccccc1)NC(C)(C)C. The van der Waals surface area contributed by atoms with Gasteiger partial charge in [0.25, 0.3) is 0 Å². The molecule has 1 unspecified atom stereocenters. The second-order valence-electron chi connectivity index (χ2n) is 6.19. The Balaban J connectivity index is 2.81. The maximum absolute atomic E-state index is 12.3. The Hall–Kier alpha value is -1.15. The minimum Gasteiger partial charge on any atom is -0.302 e. The van der Waals surface area contributed by atoms with Crippen LogP contribution in [0.1, 0.15) is 40.2 Å². The molecule has 18 heavy (non-hydrogen) atoms. The van der Waals surface area contributed by atoms with Crippen LogP contribution in [-0.2, 0) is 11.2 Å². The van der Waals surface area contributed by atoms with Crippen LogP contribution in [0.25, 0.3) is 0 Å². The summed E-state index contributed by atoms with van der Waals surface area (Å²) in [5.74, 6) is 0.349. The van der Waals surface area contributed by atoms with Crippen LogP contribution in [0.3, 0.4) is 0 Å². The van der Waals surface area contributed by atoms with Crippen molar-refractivity contribution in [2.75, 3.05) is 0 Å². The topological polar surface area (TPSA) is 29.1 Å². The Labute approximate surface area is 111 Å². The molecule has 0 radical (unpaired) electrons. The molecule has 1 N–H and O–H groups in total. The molecule has 0 aliphatic carbocycles. The minimum atomic E-state index is -0.104. The van der Waals surface area contributed by atoms with E-state index in [4.69, 9.17) is 0 Å². The number of carbonyl (C=O) groups is 1. The molecule has 0 saturated carbocycles. The largest absolute Gasteiger partial charge is 0.302 e. The molecule has 0 aliphatic rings. The van der Waals surface area contributed by atoms with E-state index in [2.05, 4.69) is 38.2 Å². The van der Waals surface area contributed by atoms with Crippen molar-refractivity contribution >= 4 is 5.78 Å². The predicted molar refractivity (Wildman–Crippen MR) is 76.7 cm³/mol. The van der Waals surface area contributed by atoms with Crippen molar-refractivity contribution < 1.29 is 4.79 Å². The molecule has 0 fully saturated rings. The third-order valence-corrected chi connectivity index (χ3v) is 2.80. The van der Waals surface area contributed by atoms with Crippen molar-refractivity contribution in [1.82, 2.24) is 5.32 Å². The van der Waals surface area contributed by atoms with E-state index in [-0.39, 0.29) is 23.3 Å². The van der Waals surface area contributed by atoms with Crippen LogP contribution < -0.4 is 5.32 Å². The molecule has 100 valence electrons. The van der Waals surface area contributed by atoms with Gasteiger partial charge in [-0.25, -0.2) is 0 Å². The van der Waals surface area contributed by atoms with Crippen LogP contribution in [0.5, 0.6) is 0 Å². The average Bonchev–Trinajstić information content (AvgIpc) is 2.26. The second kappa shape index (κ2) is 6.14. The van der Waals surface area contributed by atoms with E-state index in [1.165, 1.54) is 5.56 Å². The summed E-state index contributed by atoms with van der Waals surface area (Å²) in [4.78, 5) is 12.3. The predicted octanol–water partition coefficient (Wildman–Crippen LogP) is 3.21. The van der Waals surface area contributed by atoms with Gasteiger partial charge < -0.3 is 5.32 Å². The van der Waals surface area contributed by atoms with Crippen molar-refractivity contribution in [1.29, 1.82) is 0 Å². The zero-order valence-electron chi connectivity index (χ0n) is 12.2. The highest BCUT2D eigenvalue weighted by Crippen LogP contribution is 2.12. The van der Waals surface area contributed by atoms with E-state index >= 15 is 0 Å². The molecule has 0 aromatic heterocycles. The first kappa shape index (κ1) is 14.9. The van der Waals surface area contributed by atoms with Gasteiger partial charge in [0.05, 0.1) is 6.04 Å². The van der Waals surface area contributed by atoms with Gasteiger partial charge in [-0.05, 0) is 32.8 Å². The molecule has 1 rings (SSSR count). The van der Waals surface area contributed by atoms with E-state index < -0.39 is 0 Å². The summed E-state index contributed by atoms with van der Waals surface area (Å²) in [6.45, 7) is 10.2. The van der Waals surface area contributed by atoms with E-state index in [0.717, 1.165) is 6.42 Å². The number of ketones is 1. The molecule has 0 heterocycles. The number of benzene rings is 1. The number of hydrogen-bond acceptors (Lipinski definition) is 2. The van der Waals surface area contributed by atoms with E-state index in [0.29, 0.717) is 0 Å². The monoisotopic (exact) mass is 247 g/mol. The minimum absolute atomic E-state index is 0.0516. The number of hydrogen-bond donors (Lipinski definition) is 1. The fourth-order valence-corrected chi connectivity index (χ4v) is 2.00. The maximum atomic E-state index is 12.3. The van der Waals surface area contributed by atoms with Gasteiger partial charge in [-0.2, -0.15) is 0 Å². The van der Waals surface area contributed by atoms with Crippen LogP contribution in [-0.4, -0.2) is 17.4 Å². The van der Waals surface area contributed by atoms with Gasteiger partial charge in [0.2, 0.25) is 0 Å². The Bertz CT molecular complexity index is 376. The summed E-state index contributed by atoms with van der Waals surface area (Å²) in [5.41, 5.74) is 1.15. The molecule has 0 saturated heterocycles. The quantitative estimate of drug-likeness (QED) is 0.865. The fourth-order valence-electron chi connectivity index (χ4n) is 2.00. The summed E-state index contributed by atoms with van der Waals surface area (Å²) in [6, 6.07) is 10.1. The van der Waals surface area contributed by atoms with E-state index in [1.54, 1.807) is 0 Å². The lowest BCUT2D eigenvalue weighted by Gasteiger charge is -2.29. The Morgan fingerprint density at radius 1 is 1.17 bits per heavy atom. The number of nitrogens with one attached hydrogen (secondary N) is 1. The molecule has 2 nitrogen and oxygen atoms in total. The van der Waals surface area contributed by atoms with Crippen LogP contribution in [0.4, 0.5) is 0 Å². The average molecular weight is 247 g/mol. The zero-order chi connectivity index (χ0) is 13.8. The Morgan fingerprint density at radius 2 is 1.72 bits per heavy atom. The van der Waals surface area contributed by atoms with Crippen LogP contribution in [0, 0.1) is 5.92 Å². The van der Waals surface area contributed by atoms with E-state index in [1.807, 2.05) is 32.0 Å². The molecule has 2 heteroatoms. The van der Waals surface area contributed by atoms with Crippen molar-refractivity contribution in [2.24, 2.45) is 5.92 Å².